The van der Waals surface area contributed by atoms with Gasteiger partial charge in [0.2, 0.25) is 0 Å². The molecule has 0 radical (unpaired) electrons. The molecule has 3 N–H and O–H groups in total. The standard InChI is InChI=1S/C21H21ClFN5O2/c22-15-8-12(6-7-16(15)23)9-25-21(30)19-18-17(26-11-27-19)14(10-24-18)20(29)28-13-4-2-1-3-5-13/h6-8,10-11,13,24H,1-5,9H2,(H,25,30)(H,28,29). The lowest BCUT2D eigenvalue weighted by molar-refractivity contribution is 0.0925. The van der Waals surface area contributed by atoms with Crippen LogP contribution in [0.2, 0.25) is 5.02 Å². The number of carbonyl (C=O) groups excluding carboxylic acids is 2. The average Bonchev–Trinajstić information content (AvgIpc) is 3.19. The number of nitrogens with zero attached hydrogens (tertiary/aromatic N) is 2. The molecule has 0 bridgehead atoms. The SMILES string of the molecule is O=C(NC1CCCCC1)c1c[nH]c2c(C(=O)NCc3ccc(F)c(Cl)c3)ncnc12. The first-order chi connectivity index (χ1) is 14.5. The number of rotatable bonds is 5. The van der Waals surface area contributed by atoms with Gasteiger partial charge in [-0.1, -0.05) is 36.9 Å². The van der Waals surface area contributed by atoms with Crippen molar-refractivity contribution in [3.63, 3.8) is 0 Å². The molecule has 156 valence electrons. The topological polar surface area (TPSA) is 99.8 Å². The van der Waals surface area contributed by atoms with Crippen molar-refractivity contribution >= 4 is 34.4 Å². The lowest BCUT2D eigenvalue weighted by Crippen LogP contribution is -2.36. The summed E-state index contributed by atoms with van der Waals surface area (Å²) >= 11 is 5.78. The molecule has 2 aromatic heterocycles. The Labute approximate surface area is 177 Å². The number of amides is 2. The number of H-pyrrole nitrogens is 1. The minimum atomic E-state index is -0.519. The number of fused-ring (bicyclic) bond motifs is 1. The Hall–Kier alpha value is -3.00. The summed E-state index contributed by atoms with van der Waals surface area (Å²) in [5.74, 6) is -1.17. The molecule has 30 heavy (non-hydrogen) atoms. The van der Waals surface area contributed by atoms with E-state index in [0.717, 1.165) is 25.7 Å². The van der Waals surface area contributed by atoms with Crippen molar-refractivity contribution in [2.24, 2.45) is 0 Å². The molecule has 0 spiro atoms. The van der Waals surface area contributed by atoms with Gasteiger partial charge in [-0.15, -0.1) is 0 Å². The molecule has 0 unspecified atom stereocenters. The van der Waals surface area contributed by atoms with E-state index >= 15 is 0 Å². The van der Waals surface area contributed by atoms with Crippen molar-refractivity contribution in [1.82, 2.24) is 25.6 Å². The van der Waals surface area contributed by atoms with Crippen LogP contribution in [0.4, 0.5) is 4.39 Å². The van der Waals surface area contributed by atoms with Gasteiger partial charge in [0.05, 0.1) is 16.1 Å². The zero-order valence-electron chi connectivity index (χ0n) is 16.2. The minimum absolute atomic E-state index is 0.0100. The second-order valence-electron chi connectivity index (χ2n) is 7.39. The van der Waals surface area contributed by atoms with Gasteiger partial charge in [0.1, 0.15) is 17.7 Å². The van der Waals surface area contributed by atoms with E-state index in [1.54, 1.807) is 12.3 Å². The molecule has 4 rings (SSSR count). The molecule has 0 aliphatic heterocycles. The van der Waals surface area contributed by atoms with Gasteiger partial charge in [-0.05, 0) is 30.5 Å². The molecule has 2 heterocycles. The van der Waals surface area contributed by atoms with E-state index in [4.69, 9.17) is 11.6 Å². The highest BCUT2D eigenvalue weighted by atomic mass is 35.5. The van der Waals surface area contributed by atoms with Crippen LogP contribution in [0.25, 0.3) is 11.0 Å². The number of aromatic nitrogens is 3. The van der Waals surface area contributed by atoms with E-state index in [2.05, 4.69) is 25.6 Å². The fourth-order valence-corrected chi connectivity index (χ4v) is 3.91. The van der Waals surface area contributed by atoms with Crippen molar-refractivity contribution in [3.8, 4) is 0 Å². The van der Waals surface area contributed by atoms with Crippen molar-refractivity contribution in [1.29, 1.82) is 0 Å². The van der Waals surface area contributed by atoms with Crippen LogP contribution in [-0.4, -0.2) is 32.8 Å². The van der Waals surface area contributed by atoms with Crippen molar-refractivity contribution in [3.05, 3.63) is 58.4 Å². The maximum Gasteiger partial charge on any atom is 0.272 e. The van der Waals surface area contributed by atoms with E-state index in [-0.39, 0.29) is 29.2 Å². The largest absolute Gasteiger partial charge is 0.357 e. The molecule has 2 amide bonds. The smallest absolute Gasteiger partial charge is 0.272 e. The Morgan fingerprint density at radius 3 is 2.73 bits per heavy atom. The van der Waals surface area contributed by atoms with E-state index in [9.17, 15) is 14.0 Å². The van der Waals surface area contributed by atoms with Crippen molar-refractivity contribution in [2.45, 2.75) is 44.7 Å². The van der Waals surface area contributed by atoms with Crippen LogP contribution >= 0.6 is 11.6 Å². The number of carbonyl (C=O) groups is 2. The van der Waals surface area contributed by atoms with Gasteiger partial charge in [0.15, 0.2) is 5.69 Å². The summed E-state index contributed by atoms with van der Waals surface area (Å²) in [7, 11) is 0. The van der Waals surface area contributed by atoms with Gasteiger partial charge in [-0.3, -0.25) is 9.59 Å². The van der Waals surface area contributed by atoms with Crippen LogP contribution in [0.3, 0.4) is 0 Å². The third-order valence-corrected chi connectivity index (χ3v) is 5.59. The molecule has 7 nitrogen and oxygen atoms in total. The number of aromatic amines is 1. The Bertz CT molecular complexity index is 1090. The number of hydrogen-bond donors (Lipinski definition) is 3. The third kappa shape index (κ3) is 4.28. The number of halogens is 2. The summed E-state index contributed by atoms with van der Waals surface area (Å²) in [6.45, 7) is 0.153. The minimum Gasteiger partial charge on any atom is -0.357 e. The zero-order chi connectivity index (χ0) is 21.1. The van der Waals surface area contributed by atoms with Crippen LogP contribution in [0.1, 0.15) is 58.5 Å². The molecule has 1 aromatic carbocycles. The van der Waals surface area contributed by atoms with Crippen LogP contribution in [0.15, 0.2) is 30.7 Å². The summed E-state index contributed by atoms with van der Waals surface area (Å²) in [5, 5.41) is 5.77. The summed E-state index contributed by atoms with van der Waals surface area (Å²) in [6, 6.07) is 4.41. The molecule has 1 saturated carbocycles. The Balaban J connectivity index is 1.49. The fraction of sp³-hybridized carbons (Fsp3) is 0.333. The summed E-state index contributed by atoms with van der Waals surface area (Å²) < 4.78 is 13.3. The van der Waals surface area contributed by atoms with Gasteiger partial charge in [0, 0.05) is 18.8 Å². The van der Waals surface area contributed by atoms with Crippen molar-refractivity contribution < 1.29 is 14.0 Å². The number of nitrogens with one attached hydrogen (secondary N) is 3. The molecule has 1 fully saturated rings. The highest BCUT2D eigenvalue weighted by Crippen LogP contribution is 2.21. The molecule has 1 aliphatic carbocycles. The van der Waals surface area contributed by atoms with E-state index in [1.807, 2.05) is 0 Å². The lowest BCUT2D eigenvalue weighted by atomic mass is 9.95. The Morgan fingerprint density at radius 2 is 1.97 bits per heavy atom. The van der Waals surface area contributed by atoms with Crippen LogP contribution in [0.5, 0.6) is 0 Å². The molecule has 0 atom stereocenters. The lowest BCUT2D eigenvalue weighted by Gasteiger charge is -2.22. The molecule has 1 aliphatic rings. The molecule has 0 saturated heterocycles. The first-order valence-electron chi connectivity index (χ1n) is 9.88. The first-order valence-corrected chi connectivity index (χ1v) is 10.3. The van der Waals surface area contributed by atoms with E-state index in [0.29, 0.717) is 22.2 Å². The molecule has 9 heteroatoms. The van der Waals surface area contributed by atoms with E-state index in [1.165, 1.54) is 24.9 Å². The van der Waals surface area contributed by atoms with Gasteiger partial charge in [-0.25, -0.2) is 14.4 Å². The maximum absolute atomic E-state index is 13.3. The van der Waals surface area contributed by atoms with Gasteiger partial charge >= 0.3 is 0 Å². The monoisotopic (exact) mass is 429 g/mol. The summed E-state index contributed by atoms with van der Waals surface area (Å²) in [6.07, 6.45) is 8.20. The number of benzene rings is 1. The van der Waals surface area contributed by atoms with Crippen LogP contribution < -0.4 is 10.6 Å². The highest BCUT2D eigenvalue weighted by Gasteiger charge is 2.22. The maximum atomic E-state index is 13.3. The predicted octanol–water partition coefficient (Wildman–Crippen LogP) is 3.74. The van der Waals surface area contributed by atoms with Gasteiger partial charge in [0.25, 0.3) is 11.8 Å². The molecular weight excluding hydrogens is 409 g/mol. The zero-order valence-corrected chi connectivity index (χ0v) is 16.9. The van der Waals surface area contributed by atoms with Gasteiger partial charge < -0.3 is 15.6 Å². The summed E-state index contributed by atoms with van der Waals surface area (Å²) in [5.41, 5.74) is 1.95. The predicted molar refractivity (Wildman–Crippen MR) is 111 cm³/mol. The Morgan fingerprint density at radius 1 is 1.17 bits per heavy atom. The van der Waals surface area contributed by atoms with Crippen LogP contribution in [-0.2, 0) is 6.54 Å². The fourth-order valence-electron chi connectivity index (χ4n) is 3.71. The highest BCUT2D eigenvalue weighted by molar-refractivity contribution is 6.30. The summed E-state index contributed by atoms with van der Waals surface area (Å²) in [4.78, 5) is 36.6. The normalized spacial score (nSPS) is 14.6. The van der Waals surface area contributed by atoms with Crippen LogP contribution in [0, 0.1) is 5.82 Å². The quantitative estimate of drug-likeness (QED) is 0.575. The third-order valence-electron chi connectivity index (χ3n) is 5.30. The second-order valence-corrected chi connectivity index (χ2v) is 7.79. The number of hydrogen-bond acceptors (Lipinski definition) is 4. The molecular formula is C21H21ClFN5O2. The van der Waals surface area contributed by atoms with Gasteiger partial charge in [-0.2, -0.15) is 0 Å². The van der Waals surface area contributed by atoms with E-state index < -0.39 is 11.7 Å². The average molecular weight is 430 g/mol. The van der Waals surface area contributed by atoms with Crippen molar-refractivity contribution in [2.75, 3.05) is 0 Å². The molecule has 3 aromatic rings. The first kappa shape index (κ1) is 20.3. The second kappa shape index (κ2) is 8.79. The Kier molecular flexibility index (Phi) is 5.94.